The Bertz CT molecular complexity index is 1250. The van der Waals surface area contributed by atoms with E-state index in [9.17, 15) is 4.79 Å². The van der Waals surface area contributed by atoms with Crippen molar-refractivity contribution in [2.45, 2.75) is 38.5 Å². The zero-order valence-electron chi connectivity index (χ0n) is 18.6. The second-order valence-electron chi connectivity index (χ2n) is 8.24. The van der Waals surface area contributed by atoms with Gasteiger partial charge >= 0.3 is 0 Å². The molecule has 0 saturated heterocycles. The molecule has 4 aromatic rings. The lowest BCUT2D eigenvalue weighted by Crippen LogP contribution is -2.12. The molecule has 0 aliphatic heterocycles. The second-order valence-corrected chi connectivity index (χ2v) is 8.24. The molecule has 8 heteroatoms. The third-order valence-electron chi connectivity index (χ3n) is 6.03. The number of amides is 1. The molecule has 1 amide bonds. The van der Waals surface area contributed by atoms with E-state index in [0.29, 0.717) is 28.7 Å². The van der Waals surface area contributed by atoms with Gasteiger partial charge in [-0.15, -0.1) is 0 Å². The lowest BCUT2D eigenvalue weighted by atomic mass is 10.1. The van der Waals surface area contributed by atoms with Crippen molar-refractivity contribution in [3.05, 3.63) is 71.9 Å². The number of nitrogens with one attached hydrogen (secondary N) is 1. The summed E-state index contributed by atoms with van der Waals surface area (Å²) in [6.07, 6.45) is 6.41. The number of anilines is 1. The third-order valence-corrected chi connectivity index (χ3v) is 6.03. The Morgan fingerprint density at radius 1 is 1.09 bits per heavy atom. The number of aryl methyl sites for hydroxylation is 1. The van der Waals surface area contributed by atoms with Crippen molar-refractivity contribution in [2.24, 2.45) is 0 Å². The number of hydrogen-bond acceptors (Lipinski definition) is 6. The number of carbonyl (C=O) groups excluding carboxylic acids is 1. The lowest BCUT2D eigenvalue weighted by Gasteiger charge is -2.05. The SMILES string of the molecule is COc1ccc(NC(=O)c2cn(-c3ccc(-c4noc(C5CCCC5)n4)cc3)nc2C)cc1. The summed E-state index contributed by atoms with van der Waals surface area (Å²) < 4.78 is 12.3. The molecule has 1 aliphatic carbocycles. The van der Waals surface area contributed by atoms with E-state index in [1.807, 2.05) is 31.2 Å². The highest BCUT2D eigenvalue weighted by molar-refractivity contribution is 6.04. The van der Waals surface area contributed by atoms with Gasteiger partial charge in [0.25, 0.3) is 5.91 Å². The van der Waals surface area contributed by atoms with E-state index in [-0.39, 0.29) is 5.91 Å². The van der Waals surface area contributed by atoms with Crippen LogP contribution in [0.4, 0.5) is 5.69 Å². The fraction of sp³-hybridized carbons (Fsp3) is 0.280. The predicted octanol–water partition coefficient (Wildman–Crippen LogP) is 5.15. The fourth-order valence-electron chi connectivity index (χ4n) is 4.14. The van der Waals surface area contributed by atoms with Gasteiger partial charge in [0.15, 0.2) is 0 Å². The minimum Gasteiger partial charge on any atom is -0.497 e. The van der Waals surface area contributed by atoms with Crippen molar-refractivity contribution in [2.75, 3.05) is 12.4 Å². The number of benzene rings is 2. The molecular formula is C25H25N5O3. The van der Waals surface area contributed by atoms with Crippen molar-refractivity contribution < 1.29 is 14.1 Å². The van der Waals surface area contributed by atoms with Gasteiger partial charge in [0.1, 0.15) is 5.75 Å². The summed E-state index contributed by atoms with van der Waals surface area (Å²) >= 11 is 0. The first-order chi connectivity index (χ1) is 16.1. The van der Waals surface area contributed by atoms with Crippen LogP contribution in [0.5, 0.6) is 5.75 Å². The van der Waals surface area contributed by atoms with Crippen LogP contribution in [-0.2, 0) is 0 Å². The van der Waals surface area contributed by atoms with Crippen LogP contribution in [0.2, 0.25) is 0 Å². The number of methoxy groups -OCH3 is 1. The number of aromatic nitrogens is 4. The number of nitrogens with zero attached hydrogens (tertiary/aromatic N) is 4. The van der Waals surface area contributed by atoms with Crippen LogP contribution in [0.15, 0.2) is 59.3 Å². The van der Waals surface area contributed by atoms with E-state index in [0.717, 1.165) is 35.7 Å². The average molecular weight is 444 g/mol. The molecule has 8 nitrogen and oxygen atoms in total. The Balaban J connectivity index is 1.30. The van der Waals surface area contributed by atoms with Gasteiger partial charge in [0.2, 0.25) is 11.7 Å². The maximum absolute atomic E-state index is 12.8. The van der Waals surface area contributed by atoms with Crippen LogP contribution < -0.4 is 10.1 Å². The zero-order valence-corrected chi connectivity index (χ0v) is 18.6. The molecule has 2 aromatic carbocycles. The Morgan fingerprint density at radius 3 is 2.52 bits per heavy atom. The molecule has 0 atom stereocenters. The molecule has 1 aliphatic rings. The molecule has 168 valence electrons. The first kappa shape index (κ1) is 20.9. The molecule has 2 aromatic heterocycles. The molecule has 0 spiro atoms. The highest BCUT2D eigenvalue weighted by atomic mass is 16.5. The number of carbonyl (C=O) groups is 1. The number of rotatable bonds is 6. The molecule has 33 heavy (non-hydrogen) atoms. The molecule has 5 rings (SSSR count). The highest BCUT2D eigenvalue weighted by Crippen LogP contribution is 2.34. The largest absolute Gasteiger partial charge is 0.497 e. The van der Waals surface area contributed by atoms with Crippen molar-refractivity contribution >= 4 is 11.6 Å². The topological polar surface area (TPSA) is 95.1 Å². The summed E-state index contributed by atoms with van der Waals surface area (Å²) in [5, 5.41) is 11.6. The van der Waals surface area contributed by atoms with Gasteiger partial charge in [-0.25, -0.2) is 4.68 Å². The van der Waals surface area contributed by atoms with Crippen LogP contribution in [0, 0.1) is 6.92 Å². The summed E-state index contributed by atoms with van der Waals surface area (Å²) in [4.78, 5) is 17.4. The van der Waals surface area contributed by atoms with Gasteiger partial charge in [0.05, 0.1) is 24.1 Å². The van der Waals surface area contributed by atoms with Crippen LogP contribution in [0.1, 0.15) is 53.5 Å². The van der Waals surface area contributed by atoms with E-state index in [1.54, 1.807) is 42.3 Å². The molecule has 1 saturated carbocycles. The van der Waals surface area contributed by atoms with Crippen molar-refractivity contribution in [3.63, 3.8) is 0 Å². The quantitative estimate of drug-likeness (QED) is 0.443. The molecule has 0 unspecified atom stereocenters. The van der Waals surface area contributed by atoms with Crippen LogP contribution >= 0.6 is 0 Å². The van der Waals surface area contributed by atoms with Gasteiger partial charge in [-0.2, -0.15) is 10.1 Å². The van der Waals surface area contributed by atoms with Crippen LogP contribution in [0.3, 0.4) is 0 Å². The maximum Gasteiger partial charge on any atom is 0.259 e. The van der Waals surface area contributed by atoms with E-state index in [4.69, 9.17) is 9.26 Å². The zero-order chi connectivity index (χ0) is 22.8. The monoisotopic (exact) mass is 443 g/mol. The van der Waals surface area contributed by atoms with E-state index >= 15 is 0 Å². The summed E-state index contributed by atoms with van der Waals surface area (Å²) in [5.41, 5.74) is 3.56. The van der Waals surface area contributed by atoms with Gasteiger partial charge in [0, 0.05) is 23.4 Å². The molecule has 0 bridgehead atoms. The third kappa shape index (κ3) is 4.37. The molecule has 1 N–H and O–H groups in total. The second kappa shape index (κ2) is 8.90. The lowest BCUT2D eigenvalue weighted by molar-refractivity contribution is 0.102. The average Bonchev–Trinajstić information content (AvgIpc) is 3.60. The fourth-order valence-corrected chi connectivity index (χ4v) is 4.14. The Hall–Kier alpha value is -3.94. The van der Waals surface area contributed by atoms with Crippen LogP contribution in [-0.4, -0.2) is 32.9 Å². The summed E-state index contributed by atoms with van der Waals surface area (Å²) in [6, 6.07) is 14.9. The number of ether oxygens (including phenoxy) is 1. The van der Waals surface area contributed by atoms with Gasteiger partial charge < -0.3 is 14.6 Å². The van der Waals surface area contributed by atoms with E-state index < -0.39 is 0 Å². The van der Waals surface area contributed by atoms with Crippen molar-refractivity contribution in [3.8, 4) is 22.8 Å². The van der Waals surface area contributed by atoms with Crippen molar-refractivity contribution in [1.82, 2.24) is 19.9 Å². The molecular weight excluding hydrogens is 418 g/mol. The van der Waals surface area contributed by atoms with Gasteiger partial charge in [-0.05, 0) is 68.3 Å². The first-order valence-electron chi connectivity index (χ1n) is 11.1. The summed E-state index contributed by atoms with van der Waals surface area (Å²) in [7, 11) is 1.60. The minimum atomic E-state index is -0.216. The molecule has 0 radical (unpaired) electrons. The van der Waals surface area contributed by atoms with E-state index in [1.165, 1.54) is 12.8 Å². The molecule has 1 fully saturated rings. The smallest absolute Gasteiger partial charge is 0.259 e. The van der Waals surface area contributed by atoms with E-state index in [2.05, 4.69) is 20.6 Å². The van der Waals surface area contributed by atoms with Gasteiger partial charge in [-0.1, -0.05) is 18.0 Å². The normalized spacial score (nSPS) is 13.9. The summed E-state index contributed by atoms with van der Waals surface area (Å²) in [5.74, 6) is 2.24. The maximum atomic E-state index is 12.8. The standard InChI is InChI=1S/C25H25N5O3/c1-16-22(24(31)26-19-9-13-21(32-2)14-10-19)15-30(28-16)20-11-7-17(8-12-20)23-27-25(33-29-23)18-5-3-4-6-18/h7-15,18H,3-6H2,1-2H3,(H,26,31). The van der Waals surface area contributed by atoms with Crippen LogP contribution in [0.25, 0.3) is 17.1 Å². The van der Waals surface area contributed by atoms with Gasteiger partial charge in [-0.3, -0.25) is 4.79 Å². The minimum absolute atomic E-state index is 0.216. The predicted molar refractivity (Wildman–Crippen MR) is 124 cm³/mol. The van der Waals surface area contributed by atoms with Crippen molar-refractivity contribution in [1.29, 1.82) is 0 Å². The first-order valence-corrected chi connectivity index (χ1v) is 11.1. The Morgan fingerprint density at radius 2 is 1.82 bits per heavy atom. The summed E-state index contributed by atoms with van der Waals surface area (Å²) in [6.45, 7) is 1.82. The Kier molecular flexibility index (Phi) is 5.64. The Labute approximate surface area is 191 Å². The number of hydrogen-bond donors (Lipinski definition) is 1. The molecule has 2 heterocycles. The highest BCUT2D eigenvalue weighted by Gasteiger charge is 2.23.